The van der Waals surface area contributed by atoms with Crippen LogP contribution in [0.25, 0.3) is 0 Å². The topological polar surface area (TPSA) is 49.7 Å². The van der Waals surface area contributed by atoms with Gasteiger partial charge in [0.25, 0.3) is 0 Å². The number of aliphatic hydroxyl groups is 2. The molecule has 0 aromatic rings. The number of ether oxygens (including phenoxy) is 1. The Kier molecular flexibility index (Phi) is 2.65. The molecule has 0 aromatic heterocycles. The molecule has 0 radical (unpaired) electrons. The molecule has 2 saturated heterocycles. The smallest absolute Gasteiger partial charge is 0.169 e. The number of halogens is 1. The molecule has 6 atom stereocenters. The van der Waals surface area contributed by atoms with Gasteiger partial charge in [-0.25, -0.2) is 0 Å². The first-order valence-electron chi connectivity index (χ1n) is 6.93. The second-order valence-electron chi connectivity index (χ2n) is 7.32. The Morgan fingerprint density at radius 2 is 1.83 bits per heavy atom. The van der Waals surface area contributed by atoms with E-state index in [9.17, 15) is 10.2 Å². The zero-order valence-electron chi connectivity index (χ0n) is 11.3. The summed E-state index contributed by atoms with van der Waals surface area (Å²) in [5.74, 6) is -0.531. The minimum absolute atomic E-state index is 0.176. The first-order valence-corrected chi connectivity index (χ1v) is 7.37. The van der Waals surface area contributed by atoms with Gasteiger partial charge in [0.05, 0.1) is 11.5 Å². The van der Waals surface area contributed by atoms with Crippen molar-refractivity contribution in [1.29, 1.82) is 0 Å². The fourth-order valence-electron chi connectivity index (χ4n) is 4.25. The van der Waals surface area contributed by atoms with Crippen LogP contribution < -0.4 is 0 Å². The van der Waals surface area contributed by atoms with E-state index >= 15 is 0 Å². The van der Waals surface area contributed by atoms with Gasteiger partial charge in [0.1, 0.15) is 5.60 Å². The van der Waals surface area contributed by atoms with Crippen molar-refractivity contribution in [2.24, 2.45) is 17.3 Å². The van der Waals surface area contributed by atoms with Crippen LogP contribution in [0.2, 0.25) is 0 Å². The maximum absolute atomic E-state index is 10.7. The zero-order valence-corrected chi connectivity index (χ0v) is 12.1. The average Bonchev–Trinajstić information content (AvgIpc) is 2.66. The molecule has 2 bridgehead atoms. The molecule has 2 N–H and O–H groups in total. The Labute approximate surface area is 113 Å². The van der Waals surface area contributed by atoms with E-state index in [1.807, 2.05) is 0 Å². The minimum atomic E-state index is -1.05. The second-order valence-corrected chi connectivity index (χ2v) is 7.85. The van der Waals surface area contributed by atoms with Gasteiger partial charge < -0.3 is 14.9 Å². The lowest BCUT2D eigenvalue weighted by atomic mass is 9.51. The van der Waals surface area contributed by atoms with Crippen molar-refractivity contribution in [1.82, 2.24) is 0 Å². The lowest BCUT2D eigenvalue weighted by Gasteiger charge is -2.58. The number of fused-ring (bicyclic) bond motifs is 4. The number of rotatable bonds is 0. The fraction of sp³-hybridized carbons (Fsp3) is 1.00. The molecule has 3 rings (SSSR count). The van der Waals surface area contributed by atoms with Gasteiger partial charge in [-0.2, -0.15) is 0 Å². The maximum Gasteiger partial charge on any atom is 0.169 e. The van der Waals surface area contributed by atoms with Gasteiger partial charge in [-0.15, -0.1) is 11.6 Å². The lowest BCUT2D eigenvalue weighted by molar-refractivity contribution is -0.303. The summed E-state index contributed by atoms with van der Waals surface area (Å²) in [6.07, 6.45) is 2.71. The molecule has 0 spiro atoms. The third-order valence-corrected chi connectivity index (χ3v) is 6.29. The Morgan fingerprint density at radius 3 is 2.44 bits per heavy atom. The van der Waals surface area contributed by atoms with Crippen LogP contribution in [-0.2, 0) is 4.74 Å². The van der Waals surface area contributed by atoms with Gasteiger partial charge in [0.15, 0.2) is 5.79 Å². The number of hydrogen-bond donors (Lipinski definition) is 2. The Bertz CT molecular complexity index is 368. The summed E-state index contributed by atoms with van der Waals surface area (Å²) in [4.78, 5) is 0. The molecule has 0 aromatic carbocycles. The summed E-state index contributed by atoms with van der Waals surface area (Å²) in [6.45, 7) is 6.17. The quantitative estimate of drug-likeness (QED) is 0.667. The first kappa shape index (κ1) is 13.2. The molecule has 3 aliphatic rings. The first-order chi connectivity index (χ1) is 8.17. The van der Waals surface area contributed by atoms with Gasteiger partial charge in [0.2, 0.25) is 0 Å². The van der Waals surface area contributed by atoms with E-state index in [1.165, 1.54) is 0 Å². The minimum Gasteiger partial charge on any atom is -0.386 e. The maximum atomic E-state index is 10.7. The molecule has 3 nitrogen and oxygen atoms in total. The van der Waals surface area contributed by atoms with Crippen LogP contribution in [0.15, 0.2) is 0 Å². The lowest BCUT2D eigenvalue weighted by Crippen LogP contribution is -2.61. The summed E-state index contributed by atoms with van der Waals surface area (Å²) in [7, 11) is 0. The van der Waals surface area contributed by atoms with Crippen LogP contribution in [0.3, 0.4) is 0 Å². The van der Waals surface area contributed by atoms with Crippen molar-refractivity contribution in [3.8, 4) is 0 Å². The van der Waals surface area contributed by atoms with Crippen molar-refractivity contribution in [2.75, 3.05) is 0 Å². The third kappa shape index (κ3) is 1.60. The summed E-state index contributed by atoms with van der Waals surface area (Å²) < 4.78 is 5.82. The van der Waals surface area contributed by atoms with E-state index in [1.54, 1.807) is 6.92 Å². The van der Waals surface area contributed by atoms with Gasteiger partial charge in [-0.1, -0.05) is 13.8 Å². The molecule has 2 heterocycles. The molecule has 104 valence electrons. The molecular formula is C14H23ClO3. The highest BCUT2D eigenvalue weighted by molar-refractivity contribution is 6.21. The molecule has 2 aliphatic heterocycles. The van der Waals surface area contributed by atoms with E-state index in [2.05, 4.69) is 13.8 Å². The third-order valence-electron chi connectivity index (χ3n) is 5.67. The van der Waals surface area contributed by atoms with Crippen molar-refractivity contribution in [3.63, 3.8) is 0 Å². The summed E-state index contributed by atoms with van der Waals surface area (Å²) in [5, 5.41) is 21.0. The van der Waals surface area contributed by atoms with Crippen LogP contribution in [-0.4, -0.2) is 33.1 Å². The van der Waals surface area contributed by atoms with Crippen molar-refractivity contribution in [3.05, 3.63) is 0 Å². The molecule has 1 aliphatic carbocycles. The van der Waals surface area contributed by atoms with Gasteiger partial charge in [-0.3, -0.25) is 0 Å². The van der Waals surface area contributed by atoms with E-state index in [0.717, 1.165) is 12.8 Å². The van der Waals surface area contributed by atoms with E-state index < -0.39 is 11.4 Å². The normalized spacial score (nSPS) is 58.3. The van der Waals surface area contributed by atoms with E-state index in [4.69, 9.17) is 16.3 Å². The Morgan fingerprint density at radius 1 is 1.17 bits per heavy atom. The Hall–Kier alpha value is 0.170. The summed E-state index contributed by atoms with van der Waals surface area (Å²) in [5.41, 5.74) is -0.870. The molecule has 1 saturated carbocycles. The van der Waals surface area contributed by atoms with Crippen molar-refractivity contribution < 1.29 is 14.9 Å². The predicted molar refractivity (Wildman–Crippen MR) is 69.3 cm³/mol. The standard InChI is InChI=1S/C14H23ClO3/c1-12(2)7-9-8(12)6-10(15)13(3,16)11-4-5-14(9,17)18-11/h8-11,16-17H,4-7H2,1-3H3/t8-,9+,10+,11+,13-,14-/m1/s1. The monoisotopic (exact) mass is 274 g/mol. The predicted octanol–water partition coefficient (Wildman–Crippen LogP) is 2.28. The SMILES string of the molecule is CC1(C)C[C@H]2[C@H]1C[C@H](Cl)[C@@](C)(O)[C@@H]1CC[C@@]2(O)O1. The average molecular weight is 275 g/mol. The van der Waals surface area contributed by atoms with Crippen molar-refractivity contribution in [2.45, 2.75) is 69.3 Å². The van der Waals surface area contributed by atoms with E-state index in [-0.39, 0.29) is 22.8 Å². The van der Waals surface area contributed by atoms with Crippen LogP contribution in [0.5, 0.6) is 0 Å². The molecule has 0 unspecified atom stereocenters. The highest BCUT2D eigenvalue weighted by atomic mass is 35.5. The van der Waals surface area contributed by atoms with Crippen LogP contribution in [0, 0.1) is 17.3 Å². The number of hydrogen-bond acceptors (Lipinski definition) is 3. The molecule has 0 amide bonds. The van der Waals surface area contributed by atoms with Crippen LogP contribution >= 0.6 is 11.6 Å². The van der Waals surface area contributed by atoms with E-state index in [0.29, 0.717) is 18.8 Å². The Balaban J connectivity index is 1.95. The molecule has 3 fully saturated rings. The van der Waals surface area contributed by atoms with Crippen molar-refractivity contribution >= 4 is 11.6 Å². The molecular weight excluding hydrogens is 252 g/mol. The fourth-order valence-corrected chi connectivity index (χ4v) is 4.58. The highest BCUT2D eigenvalue weighted by Gasteiger charge is 2.63. The summed E-state index contributed by atoms with van der Waals surface area (Å²) in [6, 6.07) is 0. The molecule has 4 heteroatoms. The van der Waals surface area contributed by atoms with Crippen LogP contribution in [0.4, 0.5) is 0 Å². The molecule has 18 heavy (non-hydrogen) atoms. The largest absolute Gasteiger partial charge is 0.386 e. The zero-order chi connectivity index (χ0) is 13.3. The summed E-state index contributed by atoms with van der Waals surface area (Å²) >= 11 is 6.43. The highest BCUT2D eigenvalue weighted by Crippen LogP contribution is 2.62. The van der Waals surface area contributed by atoms with Gasteiger partial charge in [0, 0.05) is 12.3 Å². The number of alkyl halides is 1. The van der Waals surface area contributed by atoms with Gasteiger partial charge >= 0.3 is 0 Å². The second kappa shape index (κ2) is 3.63. The van der Waals surface area contributed by atoms with Gasteiger partial charge in [-0.05, 0) is 37.5 Å². The van der Waals surface area contributed by atoms with Crippen LogP contribution in [0.1, 0.15) is 46.5 Å².